The molecular weight excluding hydrogens is 204 g/mol. The average molecular weight is 228 g/mol. The van der Waals surface area contributed by atoms with Gasteiger partial charge in [0, 0.05) is 32.7 Å². The van der Waals surface area contributed by atoms with Crippen LogP contribution in [0, 0.1) is 5.92 Å². The monoisotopic (exact) mass is 228 g/mol. The molecule has 0 radical (unpaired) electrons. The number of carbonyl (C=O) groups is 1. The first-order valence-corrected chi connectivity index (χ1v) is 6.19. The molecule has 0 saturated carbocycles. The minimum Gasteiger partial charge on any atom is -0.378 e. The third-order valence-corrected chi connectivity index (χ3v) is 3.12. The van der Waals surface area contributed by atoms with Crippen LogP contribution in [0.3, 0.4) is 0 Å². The zero-order valence-electron chi connectivity index (χ0n) is 10.6. The summed E-state index contributed by atoms with van der Waals surface area (Å²) in [6.07, 6.45) is 3.04. The number of nitrogens with one attached hydrogen (secondary N) is 2. The molecule has 94 valence electrons. The molecule has 1 amide bonds. The molecule has 2 unspecified atom stereocenters. The van der Waals surface area contributed by atoms with E-state index in [-0.39, 0.29) is 5.91 Å². The minimum atomic E-state index is 0.0972. The third kappa shape index (κ3) is 4.49. The van der Waals surface area contributed by atoms with E-state index in [9.17, 15) is 4.79 Å². The Kier molecular flexibility index (Phi) is 5.77. The maximum Gasteiger partial charge on any atom is 0.221 e. The van der Waals surface area contributed by atoms with Gasteiger partial charge in [0.2, 0.25) is 5.91 Å². The van der Waals surface area contributed by atoms with Crippen LogP contribution in [-0.2, 0) is 9.53 Å². The zero-order valence-corrected chi connectivity index (χ0v) is 10.6. The fourth-order valence-electron chi connectivity index (χ4n) is 1.99. The molecule has 0 aromatic heterocycles. The number of hydrogen-bond donors (Lipinski definition) is 2. The molecular formula is C12H24N2O2. The summed E-state index contributed by atoms with van der Waals surface area (Å²) < 4.78 is 5.70. The van der Waals surface area contributed by atoms with Gasteiger partial charge in [-0.3, -0.25) is 4.79 Å². The van der Waals surface area contributed by atoms with Gasteiger partial charge in [-0.2, -0.15) is 0 Å². The van der Waals surface area contributed by atoms with Crippen molar-refractivity contribution >= 4 is 5.91 Å². The zero-order chi connectivity index (χ0) is 12.0. The Labute approximate surface area is 98.1 Å². The predicted molar refractivity (Wildman–Crippen MR) is 64.3 cm³/mol. The van der Waals surface area contributed by atoms with Gasteiger partial charge in [-0.25, -0.2) is 0 Å². The largest absolute Gasteiger partial charge is 0.378 e. The molecule has 1 aliphatic rings. The SMILES string of the molecule is CNC(=O)CCNC1CCOC(C(C)C)C1. The standard InChI is InChI=1S/C12H24N2O2/c1-9(2)11-8-10(5-7-16-11)14-6-4-12(15)13-3/h9-11,14H,4-8H2,1-3H3,(H,13,15). The van der Waals surface area contributed by atoms with Crippen molar-refractivity contribution in [1.82, 2.24) is 10.6 Å². The fourth-order valence-corrected chi connectivity index (χ4v) is 1.99. The summed E-state index contributed by atoms with van der Waals surface area (Å²) in [5.74, 6) is 0.670. The van der Waals surface area contributed by atoms with Crippen LogP contribution in [-0.4, -0.2) is 38.3 Å². The quantitative estimate of drug-likeness (QED) is 0.735. The van der Waals surface area contributed by atoms with E-state index in [0.717, 1.165) is 26.0 Å². The van der Waals surface area contributed by atoms with Crippen molar-refractivity contribution in [3.8, 4) is 0 Å². The van der Waals surface area contributed by atoms with Crippen LogP contribution in [0.15, 0.2) is 0 Å². The van der Waals surface area contributed by atoms with E-state index in [1.807, 2.05) is 0 Å². The highest BCUT2D eigenvalue weighted by atomic mass is 16.5. The van der Waals surface area contributed by atoms with Crippen molar-refractivity contribution in [2.24, 2.45) is 5.92 Å². The first-order chi connectivity index (χ1) is 7.63. The molecule has 1 rings (SSSR count). The predicted octanol–water partition coefficient (Wildman–Crippen LogP) is 0.916. The number of carbonyl (C=O) groups excluding carboxylic acids is 1. The van der Waals surface area contributed by atoms with Crippen molar-refractivity contribution in [2.45, 2.75) is 45.3 Å². The van der Waals surface area contributed by atoms with Gasteiger partial charge in [0.05, 0.1) is 6.10 Å². The molecule has 0 spiro atoms. The highest BCUT2D eigenvalue weighted by Crippen LogP contribution is 2.19. The van der Waals surface area contributed by atoms with Gasteiger partial charge in [0.15, 0.2) is 0 Å². The van der Waals surface area contributed by atoms with E-state index in [0.29, 0.717) is 24.5 Å². The van der Waals surface area contributed by atoms with E-state index in [2.05, 4.69) is 24.5 Å². The molecule has 0 bridgehead atoms. The van der Waals surface area contributed by atoms with Crippen LogP contribution in [0.5, 0.6) is 0 Å². The van der Waals surface area contributed by atoms with Crippen LogP contribution in [0.1, 0.15) is 33.1 Å². The Bertz CT molecular complexity index is 219. The molecule has 0 aliphatic carbocycles. The summed E-state index contributed by atoms with van der Waals surface area (Å²) in [6, 6.07) is 0.505. The van der Waals surface area contributed by atoms with Gasteiger partial charge < -0.3 is 15.4 Å². The van der Waals surface area contributed by atoms with E-state index >= 15 is 0 Å². The number of amides is 1. The minimum absolute atomic E-state index is 0.0972. The molecule has 4 heteroatoms. The maximum atomic E-state index is 11.1. The summed E-state index contributed by atoms with van der Waals surface area (Å²) in [6.45, 7) is 5.98. The van der Waals surface area contributed by atoms with Gasteiger partial charge in [0.25, 0.3) is 0 Å². The van der Waals surface area contributed by atoms with Crippen LogP contribution in [0.2, 0.25) is 0 Å². The van der Waals surface area contributed by atoms with Crippen molar-refractivity contribution in [3.05, 3.63) is 0 Å². The van der Waals surface area contributed by atoms with E-state index in [1.54, 1.807) is 7.05 Å². The summed E-state index contributed by atoms with van der Waals surface area (Å²) >= 11 is 0. The highest BCUT2D eigenvalue weighted by Gasteiger charge is 2.24. The maximum absolute atomic E-state index is 11.1. The van der Waals surface area contributed by atoms with Gasteiger partial charge in [-0.15, -0.1) is 0 Å². The molecule has 1 saturated heterocycles. The fraction of sp³-hybridized carbons (Fsp3) is 0.917. The summed E-state index contributed by atoms with van der Waals surface area (Å²) in [7, 11) is 1.67. The molecule has 1 heterocycles. The Hall–Kier alpha value is -0.610. The summed E-state index contributed by atoms with van der Waals surface area (Å²) in [5.41, 5.74) is 0. The molecule has 1 fully saturated rings. The second-order valence-electron chi connectivity index (χ2n) is 4.75. The third-order valence-electron chi connectivity index (χ3n) is 3.12. The normalized spacial score (nSPS) is 25.8. The lowest BCUT2D eigenvalue weighted by Crippen LogP contribution is -2.41. The van der Waals surface area contributed by atoms with Crippen molar-refractivity contribution in [2.75, 3.05) is 20.2 Å². The molecule has 1 aliphatic heterocycles. The lowest BCUT2D eigenvalue weighted by atomic mass is 9.95. The molecule has 2 atom stereocenters. The number of hydrogen-bond acceptors (Lipinski definition) is 3. The van der Waals surface area contributed by atoms with E-state index in [1.165, 1.54) is 0 Å². The van der Waals surface area contributed by atoms with Gasteiger partial charge >= 0.3 is 0 Å². The highest BCUT2D eigenvalue weighted by molar-refractivity contribution is 5.75. The Morgan fingerprint density at radius 3 is 2.88 bits per heavy atom. The van der Waals surface area contributed by atoms with Gasteiger partial charge in [-0.1, -0.05) is 13.8 Å². The van der Waals surface area contributed by atoms with E-state index in [4.69, 9.17) is 4.74 Å². The second kappa shape index (κ2) is 6.86. The summed E-state index contributed by atoms with van der Waals surface area (Å²) in [5, 5.41) is 6.06. The Morgan fingerprint density at radius 2 is 2.25 bits per heavy atom. The van der Waals surface area contributed by atoms with Gasteiger partial charge in [0.1, 0.15) is 0 Å². The molecule has 2 N–H and O–H groups in total. The smallest absolute Gasteiger partial charge is 0.221 e. The topological polar surface area (TPSA) is 50.4 Å². The van der Waals surface area contributed by atoms with Gasteiger partial charge in [-0.05, 0) is 18.8 Å². The lowest BCUT2D eigenvalue weighted by Gasteiger charge is -2.32. The molecule has 4 nitrogen and oxygen atoms in total. The second-order valence-corrected chi connectivity index (χ2v) is 4.75. The Morgan fingerprint density at radius 1 is 1.50 bits per heavy atom. The van der Waals surface area contributed by atoms with Crippen LogP contribution >= 0.6 is 0 Å². The molecule has 0 aromatic rings. The van der Waals surface area contributed by atoms with Crippen molar-refractivity contribution in [1.29, 1.82) is 0 Å². The van der Waals surface area contributed by atoms with Crippen molar-refractivity contribution < 1.29 is 9.53 Å². The lowest BCUT2D eigenvalue weighted by molar-refractivity contribution is -0.120. The molecule has 0 aromatic carbocycles. The van der Waals surface area contributed by atoms with Crippen LogP contribution < -0.4 is 10.6 Å². The number of ether oxygens (including phenoxy) is 1. The first-order valence-electron chi connectivity index (χ1n) is 6.19. The van der Waals surface area contributed by atoms with Crippen LogP contribution in [0.4, 0.5) is 0 Å². The van der Waals surface area contributed by atoms with Crippen molar-refractivity contribution in [3.63, 3.8) is 0 Å². The molecule has 16 heavy (non-hydrogen) atoms. The van der Waals surface area contributed by atoms with Crippen LogP contribution in [0.25, 0.3) is 0 Å². The first kappa shape index (κ1) is 13.5. The van der Waals surface area contributed by atoms with E-state index < -0.39 is 0 Å². The summed E-state index contributed by atoms with van der Waals surface area (Å²) in [4.78, 5) is 11.1. The number of rotatable bonds is 5. The average Bonchev–Trinajstić information content (AvgIpc) is 2.29. The Balaban J connectivity index is 2.19.